The molecule has 0 aromatic rings. The van der Waals surface area contributed by atoms with Crippen LogP contribution < -0.4 is 0 Å². The molecule has 4 nitrogen and oxygen atoms in total. The van der Waals surface area contributed by atoms with Gasteiger partial charge in [-0.25, -0.2) is 8.42 Å². The van der Waals surface area contributed by atoms with E-state index in [9.17, 15) is 13.2 Å². The average Bonchev–Trinajstić information content (AvgIpc) is 2.72. The van der Waals surface area contributed by atoms with E-state index in [0.717, 1.165) is 32.1 Å². The Bertz CT molecular complexity index is 554. The topological polar surface area (TPSA) is 54.5 Å². The van der Waals surface area contributed by atoms with Crippen molar-refractivity contribution in [3.05, 3.63) is 0 Å². The number of carbonyl (C=O) groups excluding carboxylic acids is 1. The van der Waals surface area contributed by atoms with Crippen LogP contribution in [0.15, 0.2) is 0 Å². The monoisotopic (exact) mass is 313 g/mol. The molecule has 120 valence electrons. The van der Waals surface area contributed by atoms with Gasteiger partial charge >= 0.3 is 0 Å². The van der Waals surface area contributed by atoms with Gasteiger partial charge < -0.3 is 0 Å². The molecule has 0 N–H and O–H groups in total. The maximum Gasteiger partial charge on any atom is 0.215 e. The molecule has 3 rings (SSSR count). The standard InChI is InChI=1S/C16H27NO3S/c1-12-6-4-5-9-17(12)21(19,20)11-16-8-7-13(10-14(16)18)15(16,2)3/h12-13H,4-11H2,1-3H3. The number of nitrogens with zero attached hydrogens (tertiary/aromatic N) is 1. The summed E-state index contributed by atoms with van der Waals surface area (Å²) in [7, 11) is -3.35. The summed E-state index contributed by atoms with van der Waals surface area (Å²) in [6, 6.07) is 0.0805. The van der Waals surface area contributed by atoms with E-state index in [-0.39, 0.29) is 23.0 Å². The summed E-state index contributed by atoms with van der Waals surface area (Å²) in [5.41, 5.74) is -0.802. The lowest BCUT2D eigenvalue weighted by atomic mass is 9.70. The summed E-state index contributed by atoms with van der Waals surface area (Å²) in [5.74, 6) is 0.600. The molecule has 0 radical (unpaired) electrons. The zero-order valence-corrected chi connectivity index (χ0v) is 14.2. The number of ketones is 1. The van der Waals surface area contributed by atoms with E-state index in [0.29, 0.717) is 18.9 Å². The smallest absolute Gasteiger partial charge is 0.215 e. The molecule has 2 bridgehead atoms. The van der Waals surface area contributed by atoms with Crippen LogP contribution in [-0.4, -0.2) is 36.8 Å². The van der Waals surface area contributed by atoms with E-state index in [1.165, 1.54) is 0 Å². The first-order valence-corrected chi connectivity index (χ1v) is 9.84. The van der Waals surface area contributed by atoms with Crippen LogP contribution in [0, 0.1) is 16.7 Å². The highest BCUT2D eigenvalue weighted by atomic mass is 32.2. The van der Waals surface area contributed by atoms with Crippen molar-refractivity contribution in [2.24, 2.45) is 16.7 Å². The Morgan fingerprint density at radius 1 is 1.24 bits per heavy atom. The Morgan fingerprint density at radius 2 is 1.95 bits per heavy atom. The number of piperidine rings is 1. The summed E-state index contributed by atoms with van der Waals surface area (Å²) in [4.78, 5) is 12.5. The number of rotatable bonds is 3. The fourth-order valence-electron chi connectivity index (χ4n) is 4.99. The van der Waals surface area contributed by atoms with Gasteiger partial charge in [0.25, 0.3) is 0 Å². The van der Waals surface area contributed by atoms with Crippen LogP contribution in [0.4, 0.5) is 0 Å². The van der Waals surface area contributed by atoms with Gasteiger partial charge in [-0.1, -0.05) is 20.3 Å². The molecule has 0 spiro atoms. The van der Waals surface area contributed by atoms with E-state index in [1.807, 2.05) is 6.92 Å². The van der Waals surface area contributed by atoms with Crippen molar-refractivity contribution in [1.29, 1.82) is 0 Å². The highest BCUT2D eigenvalue weighted by Crippen LogP contribution is 2.64. The summed E-state index contributed by atoms with van der Waals surface area (Å²) in [6.07, 6.45) is 5.32. The Morgan fingerprint density at radius 3 is 2.48 bits per heavy atom. The number of hydrogen-bond donors (Lipinski definition) is 0. The van der Waals surface area contributed by atoms with E-state index in [4.69, 9.17) is 0 Å². The maximum absolute atomic E-state index is 12.9. The van der Waals surface area contributed by atoms with Crippen LogP contribution in [0.1, 0.15) is 59.3 Å². The van der Waals surface area contributed by atoms with Gasteiger partial charge in [0.05, 0.1) is 5.75 Å². The Labute approximate surface area is 128 Å². The fourth-order valence-corrected chi connectivity index (χ4v) is 7.51. The second-order valence-electron chi connectivity index (χ2n) is 7.88. The second kappa shape index (κ2) is 4.79. The molecule has 1 aliphatic heterocycles. The van der Waals surface area contributed by atoms with Crippen molar-refractivity contribution in [2.45, 2.75) is 65.3 Å². The summed E-state index contributed by atoms with van der Waals surface area (Å²) < 4.78 is 27.6. The molecule has 2 saturated carbocycles. The second-order valence-corrected chi connectivity index (χ2v) is 9.80. The van der Waals surface area contributed by atoms with Crippen LogP contribution in [0.5, 0.6) is 0 Å². The highest BCUT2D eigenvalue weighted by molar-refractivity contribution is 7.89. The largest absolute Gasteiger partial charge is 0.299 e. The van der Waals surface area contributed by atoms with Crippen molar-refractivity contribution < 1.29 is 13.2 Å². The third-order valence-corrected chi connectivity index (χ3v) is 8.78. The normalized spacial score (nSPS) is 39.9. The van der Waals surface area contributed by atoms with Crippen molar-refractivity contribution >= 4 is 15.8 Å². The minimum Gasteiger partial charge on any atom is -0.299 e. The summed E-state index contributed by atoms with van der Waals surface area (Å²) in [6.45, 7) is 6.82. The van der Waals surface area contributed by atoms with Gasteiger partial charge in [-0.2, -0.15) is 4.31 Å². The zero-order chi connectivity index (χ0) is 15.5. The number of hydrogen-bond acceptors (Lipinski definition) is 3. The lowest BCUT2D eigenvalue weighted by Gasteiger charge is -2.40. The SMILES string of the molecule is CC1CCCCN1S(=O)(=O)CC12CCC(CC1=O)C2(C)C. The van der Waals surface area contributed by atoms with Crippen LogP contribution in [0.25, 0.3) is 0 Å². The zero-order valence-electron chi connectivity index (χ0n) is 13.4. The van der Waals surface area contributed by atoms with Gasteiger partial charge in [-0.3, -0.25) is 4.79 Å². The molecule has 3 unspecified atom stereocenters. The van der Waals surface area contributed by atoms with E-state index >= 15 is 0 Å². The molecule has 1 heterocycles. The highest BCUT2D eigenvalue weighted by Gasteiger charge is 2.65. The van der Waals surface area contributed by atoms with Crippen molar-refractivity contribution in [2.75, 3.05) is 12.3 Å². The van der Waals surface area contributed by atoms with Crippen molar-refractivity contribution in [3.8, 4) is 0 Å². The molecule has 2 aliphatic carbocycles. The van der Waals surface area contributed by atoms with Crippen molar-refractivity contribution in [3.63, 3.8) is 0 Å². The third kappa shape index (κ3) is 2.11. The van der Waals surface area contributed by atoms with Gasteiger partial charge in [0, 0.05) is 24.4 Å². The van der Waals surface area contributed by atoms with Crippen molar-refractivity contribution in [1.82, 2.24) is 4.31 Å². The number of fused-ring (bicyclic) bond motifs is 2. The molecule has 3 atom stereocenters. The lowest BCUT2D eigenvalue weighted by Crippen LogP contribution is -2.50. The molecular weight excluding hydrogens is 286 g/mol. The number of Topliss-reactive ketones (excluding diaryl/α,β-unsaturated/α-hetero) is 1. The predicted molar refractivity (Wildman–Crippen MR) is 82.4 cm³/mol. The minimum atomic E-state index is -3.35. The fraction of sp³-hybridized carbons (Fsp3) is 0.938. The number of carbonyl (C=O) groups is 1. The van der Waals surface area contributed by atoms with Gasteiger partial charge in [0.1, 0.15) is 5.78 Å². The Balaban J connectivity index is 1.90. The summed E-state index contributed by atoms with van der Waals surface area (Å²) in [5, 5.41) is 0. The third-order valence-electron chi connectivity index (χ3n) is 6.67. The van der Waals surface area contributed by atoms with Gasteiger partial charge in [-0.15, -0.1) is 0 Å². The Kier molecular flexibility index (Phi) is 3.53. The summed E-state index contributed by atoms with van der Waals surface area (Å²) >= 11 is 0. The van der Waals surface area contributed by atoms with Gasteiger partial charge in [-0.05, 0) is 43.9 Å². The molecule has 3 fully saturated rings. The maximum atomic E-state index is 12.9. The first-order valence-electron chi connectivity index (χ1n) is 8.23. The molecule has 21 heavy (non-hydrogen) atoms. The first-order chi connectivity index (χ1) is 9.71. The van der Waals surface area contributed by atoms with Crippen LogP contribution in [0.3, 0.4) is 0 Å². The van der Waals surface area contributed by atoms with E-state index in [2.05, 4.69) is 13.8 Å². The molecule has 3 aliphatic rings. The quantitative estimate of drug-likeness (QED) is 0.804. The van der Waals surface area contributed by atoms with Gasteiger partial charge in [0.15, 0.2) is 0 Å². The Hall–Kier alpha value is -0.420. The molecule has 5 heteroatoms. The minimum absolute atomic E-state index is 0.0344. The molecule has 1 saturated heterocycles. The molecule has 0 aromatic heterocycles. The average molecular weight is 313 g/mol. The van der Waals surface area contributed by atoms with Crippen LogP contribution in [-0.2, 0) is 14.8 Å². The molecular formula is C16H27NO3S. The molecule has 0 amide bonds. The number of sulfonamides is 1. The molecule has 0 aromatic carbocycles. The van der Waals surface area contributed by atoms with Gasteiger partial charge in [0.2, 0.25) is 10.0 Å². The van der Waals surface area contributed by atoms with Crippen LogP contribution >= 0.6 is 0 Å². The van der Waals surface area contributed by atoms with E-state index in [1.54, 1.807) is 4.31 Å². The van der Waals surface area contributed by atoms with E-state index < -0.39 is 15.4 Å². The first kappa shape index (κ1) is 15.5. The lowest BCUT2D eigenvalue weighted by molar-refractivity contribution is -0.128. The van der Waals surface area contributed by atoms with Crippen LogP contribution in [0.2, 0.25) is 0 Å². The predicted octanol–water partition coefficient (Wildman–Crippen LogP) is 2.59.